The molecule has 4 nitrogen and oxygen atoms in total. The normalized spacial score (nSPS) is 12.2. The molecule has 0 amide bonds. The highest BCUT2D eigenvalue weighted by Crippen LogP contribution is 2.15. The third-order valence-electron chi connectivity index (χ3n) is 2.29. The molecule has 1 unspecified atom stereocenters. The molecule has 1 aromatic carbocycles. The average Bonchev–Trinajstić information content (AvgIpc) is 2.29. The van der Waals surface area contributed by atoms with E-state index in [1.54, 1.807) is 19.1 Å². The molecule has 0 radical (unpaired) electrons. The fourth-order valence-electron chi connectivity index (χ4n) is 1.41. The van der Waals surface area contributed by atoms with E-state index >= 15 is 0 Å². The largest absolute Gasteiger partial charge is 0.457 e. The standard InChI is InChI=1S/C13H19NO3/c1-4-16-8-10(3)17-13(15)11-7-9(2)5-6-12(11)14/h5-7,10H,4,8,14H2,1-3H3. The molecule has 0 aliphatic carbocycles. The SMILES string of the molecule is CCOCC(C)OC(=O)c1cc(C)ccc1N. The molecule has 1 atom stereocenters. The van der Waals surface area contributed by atoms with Crippen LogP contribution in [0.25, 0.3) is 0 Å². The van der Waals surface area contributed by atoms with Crippen LogP contribution in [0, 0.1) is 6.92 Å². The molecule has 0 aliphatic rings. The number of benzene rings is 1. The number of hydrogen-bond donors (Lipinski definition) is 1. The number of rotatable bonds is 5. The molecule has 0 aliphatic heterocycles. The number of aryl methyl sites for hydroxylation is 1. The lowest BCUT2D eigenvalue weighted by Crippen LogP contribution is -2.21. The molecule has 0 saturated heterocycles. The number of hydrogen-bond acceptors (Lipinski definition) is 4. The Balaban J connectivity index is 2.66. The molecule has 2 N–H and O–H groups in total. The predicted octanol–water partition coefficient (Wildman–Crippen LogP) is 2.16. The first-order valence-electron chi connectivity index (χ1n) is 5.69. The summed E-state index contributed by atoms with van der Waals surface area (Å²) in [6, 6.07) is 5.29. The summed E-state index contributed by atoms with van der Waals surface area (Å²) < 4.78 is 10.4. The Labute approximate surface area is 102 Å². The second-order valence-corrected chi connectivity index (χ2v) is 3.97. The second-order valence-electron chi connectivity index (χ2n) is 3.97. The molecule has 0 bridgehead atoms. The number of nitrogens with two attached hydrogens (primary N) is 1. The van der Waals surface area contributed by atoms with Crippen LogP contribution in [0.3, 0.4) is 0 Å². The minimum Gasteiger partial charge on any atom is -0.457 e. The van der Waals surface area contributed by atoms with E-state index in [4.69, 9.17) is 15.2 Å². The van der Waals surface area contributed by atoms with Gasteiger partial charge in [0, 0.05) is 12.3 Å². The highest BCUT2D eigenvalue weighted by atomic mass is 16.6. The Hall–Kier alpha value is -1.55. The van der Waals surface area contributed by atoms with Crippen molar-refractivity contribution in [1.82, 2.24) is 0 Å². The van der Waals surface area contributed by atoms with Gasteiger partial charge in [-0.1, -0.05) is 11.6 Å². The summed E-state index contributed by atoms with van der Waals surface area (Å²) in [5, 5.41) is 0. The summed E-state index contributed by atoms with van der Waals surface area (Å²) in [7, 11) is 0. The van der Waals surface area contributed by atoms with E-state index in [1.165, 1.54) is 0 Å². The topological polar surface area (TPSA) is 61.5 Å². The minimum atomic E-state index is -0.404. The maximum Gasteiger partial charge on any atom is 0.340 e. The molecule has 0 aromatic heterocycles. The van der Waals surface area contributed by atoms with E-state index in [0.717, 1.165) is 5.56 Å². The molecule has 4 heteroatoms. The lowest BCUT2D eigenvalue weighted by molar-refractivity contribution is 0.00448. The molecule has 0 fully saturated rings. The van der Waals surface area contributed by atoms with Crippen LogP contribution in [0.2, 0.25) is 0 Å². The third kappa shape index (κ3) is 4.07. The Bertz CT molecular complexity index is 390. The second kappa shape index (κ2) is 6.25. The van der Waals surface area contributed by atoms with E-state index < -0.39 is 5.97 Å². The number of ether oxygens (including phenoxy) is 2. The molecule has 1 aromatic rings. The summed E-state index contributed by atoms with van der Waals surface area (Å²) in [6.07, 6.45) is -0.276. The summed E-state index contributed by atoms with van der Waals surface area (Å²) in [6.45, 7) is 6.59. The van der Waals surface area contributed by atoms with Gasteiger partial charge in [0.1, 0.15) is 6.10 Å². The van der Waals surface area contributed by atoms with Crippen LogP contribution in [0.4, 0.5) is 5.69 Å². The number of carbonyl (C=O) groups excluding carboxylic acids is 1. The zero-order chi connectivity index (χ0) is 12.8. The monoisotopic (exact) mass is 237 g/mol. The average molecular weight is 237 g/mol. The summed E-state index contributed by atoms with van der Waals surface area (Å²) in [4.78, 5) is 11.8. The Morgan fingerprint density at radius 1 is 1.47 bits per heavy atom. The van der Waals surface area contributed by atoms with Crippen molar-refractivity contribution in [3.63, 3.8) is 0 Å². The van der Waals surface area contributed by atoms with Gasteiger partial charge in [-0.2, -0.15) is 0 Å². The fourth-order valence-corrected chi connectivity index (χ4v) is 1.41. The molecule has 94 valence electrons. The summed E-state index contributed by atoms with van der Waals surface area (Å²) >= 11 is 0. The van der Waals surface area contributed by atoms with Crippen molar-refractivity contribution in [3.05, 3.63) is 29.3 Å². The van der Waals surface area contributed by atoms with Crippen LogP contribution in [0.15, 0.2) is 18.2 Å². The smallest absolute Gasteiger partial charge is 0.340 e. The minimum absolute atomic E-state index is 0.276. The van der Waals surface area contributed by atoms with Gasteiger partial charge in [-0.25, -0.2) is 4.79 Å². The molecular formula is C13H19NO3. The van der Waals surface area contributed by atoms with E-state index in [9.17, 15) is 4.79 Å². The van der Waals surface area contributed by atoms with Crippen LogP contribution >= 0.6 is 0 Å². The first-order valence-corrected chi connectivity index (χ1v) is 5.69. The van der Waals surface area contributed by atoms with Crippen molar-refractivity contribution in [2.75, 3.05) is 18.9 Å². The zero-order valence-corrected chi connectivity index (χ0v) is 10.5. The maximum atomic E-state index is 11.8. The van der Waals surface area contributed by atoms with Gasteiger partial charge in [0.15, 0.2) is 0 Å². The van der Waals surface area contributed by atoms with E-state index in [1.807, 2.05) is 19.9 Å². The molecule has 1 rings (SSSR count). The van der Waals surface area contributed by atoms with E-state index in [0.29, 0.717) is 24.5 Å². The summed E-state index contributed by atoms with van der Waals surface area (Å²) in [5.74, 6) is -0.404. The molecule has 0 spiro atoms. The Kier molecular flexibility index (Phi) is 4.97. The fraction of sp³-hybridized carbons (Fsp3) is 0.462. The first kappa shape index (κ1) is 13.5. The molecule has 17 heavy (non-hydrogen) atoms. The van der Waals surface area contributed by atoms with Crippen molar-refractivity contribution < 1.29 is 14.3 Å². The summed E-state index contributed by atoms with van der Waals surface area (Å²) in [5.41, 5.74) is 7.55. The van der Waals surface area contributed by atoms with Crippen LogP contribution < -0.4 is 5.73 Å². The van der Waals surface area contributed by atoms with Crippen LogP contribution in [-0.2, 0) is 9.47 Å². The van der Waals surface area contributed by atoms with Crippen molar-refractivity contribution >= 4 is 11.7 Å². The number of esters is 1. The number of anilines is 1. The van der Waals surface area contributed by atoms with Crippen LogP contribution in [0.1, 0.15) is 29.8 Å². The molecule has 0 saturated carbocycles. The van der Waals surface area contributed by atoms with Crippen molar-refractivity contribution in [3.8, 4) is 0 Å². The number of carbonyl (C=O) groups is 1. The first-order chi connectivity index (χ1) is 8.04. The third-order valence-corrected chi connectivity index (χ3v) is 2.29. The van der Waals surface area contributed by atoms with E-state index in [2.05, 4.69) is 0 Å². The van der Waals surface area contributed by atoms with Gasteiger partial charge >= 0.3 is 5.97 Å². The van der Waals surface area contributed by atoms with Crippen molar-refractivity contribution in [2.24, 2.45) is 0 Å². The zero-order valence-electron chi connectivity index (χ0n) is 10.5. The highest BCUT2D eigenvalue weighted by molar-refractivity contribution is 5.95. The highest BCUT2D eigenvalue weighted by Gasteiger charge is 2.14. The Morgan fingerprint density at radius 2 is 2.18 bits per heavy atom. The Morgan fingerprint density at radius 3 is 2.82 bits per heavy atom. The van der Waals surface area contributed by atoms with Gasteiger partial charge in [0.2, 0.25) is 0 Å². The van der Waals surface area contributed by atoms with E-state index in [-0.39, 0.29) is 6.10 Å². The number of nitrogen functional groups attached to an aromatic ring is 1. The van der Waals surface area contributed by atoms with Crippen molar-refractivity contribution in [2.45, 2.75) is 26.9 Å². The van der Waals surface area contributed by atoms with Gasteiger partial charge in [0.25, 0.3) is 0 Å². The molecular weight excluding hydrogens is 218 g/mol. The van der Waals surface area contributed by atoms with Gasteiger partial charge in [0.05, 0.1) is 12.2 Å². The van der Waals surface area contributed by atoms with Gasteiger partial charge in [-0.15, -0.1) is 0 Å². The predicted molar refractivity (Wildman–Crippen MR) is 67.0 cm³/mol. The van der Waals surface area contributed by atoms with Crippen LogP contribution in [-0.4, -0.2) is 25.3 Å². The van der Waals surface area contributed by atoms with Crippen molar-refractivity contribution in [1.29, 1.82) is 0 Å². The maximum absolute atomic E-state index is 11.8. The lowest BCUT2D eigenvalue weighted by atomic mass is 10.1. The quantitative estimate of drug-likeness (QED) is 0.629. The van der Waals surface area contributed by atoms with Gasteiger partial charge < -0.3 is 15.2 Å². The van der Waals surface area contributed by atoms with Crippen LogP contribution in [0.5, 0.6) is 0 Å². The van der Waals surface area contributed by atoms with Gasteiger partial charge in [-0.3, -0.25) is 0 Å². The lowest BCUT2D eigenvalue weighted by Gasteiger charge is -2.14. The van der Waals surface area contributed by atoms with Gasteiger partial charge in [-0.05, 0) is 32.9 Å². The molecule has 0 heterocycles.